The number of carbonyl (C=O) groups excluding carboxylic acids is 2. The van der Waals surface area contributed by atoms with Gasteiger partial charge in [-0.15, -0.1) is 0 Å². The first-order chi connectivity index (χ1) is 16.4. The van der Waals surface area contributed by atoms with Gasteiger partial charge in [0.25, 0.3) is 0 Å². The minimum atomic E-state index is -1.29. The van der Waals surface area contributed by atoms with E-state index in [9.17, 15) is 14.4 Å². The van der Waals surface area contributed by atoms with E-state index >= 15 is 0 Å². The minimum absolute atomic E-state index is 0.0131. The van der Waals surface area contributed by atoms with Crippen LogP contribution in [-0.2, 0) is 16.1 Å². The molecule has 0 saturated carbocycles. The summed E-state index contributed by atoms with van der Waals surface area (Å²) in [6, 6.07) is 16.2. The van der Waals surface area contributed by atoms with Gasteiger partial charge in [0.15, 0.2) is 0 Å². The van der Waals surface area contributed by atoms with Gasteiger partial charge in [0.2, 0.25) is 11.8 Å². The lowest BCUT2D eigenvalue weighted by Gasteiger charge is -2.43. The van der Waals surface area contributed by atoms with Gasteiger partial charge in [-0.1, -0.05) is 54.6 Å². The van der Waals surface area contributed by atoms with Crippen molar-refractivity contribution < 1.29 is 19.5 Å². The van der Waals surface area contributed by atoms with Crippen molar-refractivity contribution in [3.8, 4) is 0 Å². The Hall–Kier alpha value is -3.72. The first-order valence-corrected chi connectivity index (χ1v) is 11.5. The molecule has 2 aromatic rings. The molecule has 4 rings (SSSR count). The van der Waals surface area contributed by atoms with Crippen molar-refractivity contribution in [1.82, 2.24) is 20.9 Å². The molecular formula is C25H29N5O4. The molecule has 3 amide bonds. The van der Waals surface area contributed by atoms with Crippen molar-refractivity contribution in [2.75, 3.05) is 13.1 Å². The fourth-order valence-electron chi connectivity index (χ4n) is 4.53. The molecule has 3 atom stereocenters. The maximum Gasteiger partial charge on any atom is 0.410 e. The average Bonchev–Trinajstić information content (AvgIpc) is 2.82. The van der Waals surface area contributed by atoms with E-state index < -0.39 is 12.1 Å². The molecule has 5 N–H and O–H groups in total. The Labute approximate surface area is 198 Å². The van der Waals surface area contributed by atoms with E-state index in [0.29, 0.717) is 24.4 Å². The summed E-state index contributed by atoms with van der Waals surface area (Å²) >= 11 is 0. The first-order valence-electron chi connectivity index (χ1n) is 11.5. The molecule has 2 saturated heterocycles. The molecule has 2 aliphatic heterocycles. The highest BCUT2D eigenvalue weighted by molar-refractivity contribution is 6.04. The van der Waals surface area contributed by atoms with Crippen molar-refractivity contribution in [3.05, 3.63) is 71.3 Å². The summed E-state index contributed by atoms with van der Waals surface area (Å²) in [7, 11) is 0. The number of hydrogen-bond donors (Lipinski definition) is 5. The second-order valence-corrected chi connectivity index (χ2v) is 8.69. The number of amides is 3. The molecule has 9 heteroatoms. The highest BCUT2D eigenvalue weighted by atomic mass is 16.4. The number of benzene rings is 2. The minimum Gasteiger partial charge on any atom is -0.465 e. The summed E-state index contributed by atoms with van der Waals surface area (Å²) in [6.45, 7) is 1.64. The van der Waals surface area contributed by atoms with Gasteiger partial charge in [-0.25, -0.2) is 4.79 Å². The number of carbonyl (C=O) groups is 3. The number of carboxylic acid groups (broad SMARTS) is 1. The van der Waals surface area contributed by atoms with Crippen LogP contribution in [-0.4, -0.2) is 58.9 Å². The third-order valence-electron chi connectivity index (χ3n) is 6.52. The number of rotatable bonds is 6. The summed E-state index contributed by atoms with van der Waals surface area (Å²) in [5.74, 6) is -0.0714. The Balaban J connectivity index is 1.29. The Morgan fingerprint density at radius 3 is 2.44 bits per heavy atom. The van der Waals surface area contributed by atoms with Crippen LogP contribution in [0.15, 0.2) is 54.6 Å². The lowest BCUT2D eigenvalue weighted by atomic mass is 9.85. The largest absolute Gasteiger partial charge is 0.465 e. The second kappa shape index (κ2) is 10.5. The normalized spacial score (nSPS) is 21.8. The van der Waals surface area contributed by atoms with Gasteiger partial charge < -0.3 is 20.6 Å². The van der Waals surface area contributed by atoms with Gasteiger partial charge in [-0.2, -0.15) is 0 Å². The zero-order valence-electron chi connectivity index (χ0n) is 18.8. The monoisotopic (exact) mass is 463 g/mol. The second-order valence-electron chi connectivity index (χ2n) is 8.69. The maximum atomic E-state index is 13.1. The SMILES string of the molecule is N=C(NC(=O)O)c1ccc(CNC(=O)[C@@H]2CCN2C(=O)[C@H]2C[C@@H](c3ccccc3)CCN2)cc1. The fraction of sp³-hybridized carbons (Fsp3) is 0.360. The standard InChI is InChI=1S/C25H29N5O4/c26-22(29-25(33)34)18-8-6-16(7-9-18)15-28-23(31)21-11-13-30(21)24(32)20-14-19(10-12-27-20)17-4-2-1-3-5-17/h1-9,19-21,27H,10-15H2,(H2,26,29)(H,28,31)(H,33,34)/t19-,20+,21-/m0/s1. The van der Waals surface area contributed by atoms with E-state index in [-0.39, 0.29) is 30.2 Å². The summed E-state index contributed by atoms with van der Waals surface area (Å²) in [5.41, 5.74) is 2.50. The van der Waals surface area contributed by atoms with Gasteiger partial charge in [0.1, 0.15) is 11.9 Å². The fourth-order valence-corrected chi connectivity index (χ4v) is 4.53. The predicted octanol–water partition coefficient (Wildman–Crippen LogP) is 2.03. The van der Waals surface area contributed by atoms with Crippen molar-refractivity contribution in [2.45, 2.75) is 43.8 Å². The molecular weight excluding hydrogens is 434 g/mol. The Kier molecular flexibility index (Phi) is 7.22. The van der Waals surface area contributed by atoms with Crippen LogP contribution in [0.4, 0.5) is 4.79 Å². The number of nitrogens with one attached hydrogen (secondary N) is 4. The number of amidine groups is 1. The van der Waals surface area contributed by atoms with Gasteiger partial charge in [0.05, 0.1) is 6.04 Å². The van der Waals surface area contributed by atoms with Gasteiger partial charge in [0, 0.05) is 18.7 Å². The van der Waals surface area contributed by atoms with Crippen molar-refractivity contribution in [2.24, 2.45) is 0 Å². The molecule has 34 heavy (non-hydrogen) atoms. The zero-order valence-corrected chi connectivity index (χ0v) is 18.8. The number of likely N-dealkylation sites (tertiary alicyclic amines) is 1. The Bertz CT molecular complexity index is 1060. The van der Waals surface area contributed by atoms with Crippen LogP contribution in [0.2, 0.25) is 0 Å². The van der Waals surface area contributed by atoms with Crippen molar-refractivity contribution in [1.29, 1.82) is 5.41 Å². The summed E-state index contributed by atoms with van der Waals surface area (Å²) < 4.78 is 0. The van der Waals surface area contributed by atoms with Crippen LogP contribution in [0.5, 0.6) is 0 Å². The summed E-state index contributed by atoms with van der Waals surface area (Å²) in [6.07, 6.45) is 1.07. The third kappa shape index (κ3) is 5.43. The Morgan fingerprint density at radius 2 is 1.79 bits per heavy atom. The van der Waals surface area contributed by atoms with Gasteiger partial charge in [-0.3, -0.25) is 20.3 Å². The molecule has 0 bridgehead atoms. The quantitative estimate of drug-likeness (QED) is 0.330. The number of nitrogens with zero attached hydrogens (tertiary/aromatic N) is 1. The van der Waals surface area contributed by atoms with Crippen molar-refractivity contribution >= 4 is 23.7 Å². The van der Waals surface area contributed by atoms with Gasteiger partial charge >= 0.3 is 6.09 Å². The first kappa shape index (κ1) is 23.4. The van der Waals surface area contributed by atoms with Crippen LogP contribution >= 0.6 is 0 Å². The molecule has 0 unspecified atom stereocenters. The smallest absolute Gasteiger partial charge is 0.410 e. The van der Waals surface area contributed by atoms with E-state index in [1.54, 1.807) is 29.2 Å². The van der Waals surface area contributed by atoms with Crippen molar-refractivity contribution in [3.63, 3.8) is 0 Å². The van der Waals surface area contributed by atoms with Crippen LogP contribution in [0.3, 0.4) is 0 Å². The third-order valence-corrected chi connectivity index (χ3v) is 6.52. The van der Waals surface area contributed by atoms with Crippen LogP contribution < -0.4 is 16.0 Å². The molecule has 9 nitrogen and oxygen atoms in total. The highest BCUT2D eigenvalue weighted by Gasteiger charge is 2.41. The lowest BCUT2D eigenvalue weighted by Crippen LogP contribution is -2.62. The lowest BCUT2D eigenvalue weighted by molar-refractivity contribution is -0.149. The van der Waals surface area contributed by atoms with E-state index in [2.05, 4.69) is 22.8 Å². The van der Waals surface area contributed by atoms with Crippen LogP contribution in [0.1, 0.15) is 41.9 Å². The molecule has 2 heterocycles. The molecule has 0 aromatic heterocycles. The Morgan fingerprint density at radius 1 is 1.06 bits per heavy atom. The van der Waals surface area contributed by atoms with Gasteiger partial charge in [-0.05, 0) is 42.9 Å². The molecule has 2 aromatic carbocycles. The maximum absolute atomic E-state index is 13.1. The van der Waals surface area contributed by atoms with E-state index in [4.69, 9.17) is 10.5 Å². The van der Waals surface area contributed by atoms with Crippen LogP contribution in [0.25, 0.3) is 0 Å². The highest BCUT2D eigenvalue weighted by Crippen LogP contribution is 2.29. The topological polar surface area (TPSA) is 135 Å². The summed E-state index contributed by atoms with van der Waals surface area (Å²) in [4.78, 5) is 38.2. The molecule has 0 spiro atoms. The molecule has 2 aliphatic rings. The zero-order chi connectivity index (χ0) is 24.1. The average molecular weight is 464 g/mol. The molecule has 178 valence electrons. The van der Waals surface area contributed by atoms with E-state index in [0.717, 1.165) is 24.9 Å². The summed E-state index contributed by atoms with van der Waals surface area (Å²) in [5, 5.41) is 24.6. The molecule has 0 aliphatic carbocycles. The number of piperidine rings is 1. The molecule has 2 fully saturated rings. The van der Waals surface area contributed by atoms with Crippen LogP contribution in [0, 0.1) is 5.41 Å². The predicted molar refractivity (Wildman–Crippen MR) is 127 cm³/mol. The molecule has 0 radical (unpaired) electrons. The van der Waals surface area contributed by atoms with E-state index in [1.807, 2.05) is 23.5 Å². The van der Waals surface area contributed by atoms with E-state index in [1.165, 1.54) is 5.56 Å². The number of hydrogen-bond acceptors (Lipinski definition) is 5.